The van der Waals surface area contributed by atoms with Crippen LogP contribution in [0.2, 0.25) is 5.02 Å². The van der Waals surface area contributed by atoms with E-state index in [-0.39, 0.29) is 0 Å². The molecule has 0 saturated carbocycles. The SMILES string of the molecule is Cc1noc(-c2ccc(Cl)cc2N=CNO)n1. The molecule has 0 saturated heterocycles. The number of rotatable bonds is 3. The Morgan fingerprint density at radius 1 is 1.53 bits per heavy atom. The quantitative estimate of drug-likeness (QED) is 0.498. The lowest BCUT2D eigenvalue weighted by Gasteiger charge is -2.01. The first-order chi connectivity index (χ1) is 8.20. The van der Waals surface area contributed by atoms with Gasteiger partial charge in [-0.05, 0) is 25.1 Å². The largest absolute Gasteiger partial charge is 0.334 e. The van der Waals surface area contributed by atoms with Gasteiger partial charge in [-0.15, -0.1) is 0 Å². The second-order valence-corrected chi connectivity index (χ2v) is 3.63. The maximum Gasteiger partial charge on any atom is 0.260 e. The number of hydroxylamine groups is 1. The molecule has 6 nitrogen and oxygen atoms in total. The zero-order chi connectivity index (χ0) is 12.3. The van der Waals surface area contributed by atoms with Gasteiger partial charge in [-0.2, -0.15) is 4.98 Å². The average molecular weight is 253 g/mol. The molecule has 0 unspecified atom stereocenters. The molecule has 0 fully saturated rings. The summed E-state index contributed by atoms with van der Waals surface area (Å²) in [6.07, 6.45) is 1.12. The molecule has 88 valence electrons. The Morgan fingerprint density at radius 3 is 3.00 bits per heavy atom. The first-order valence-electron chi connectivity index (χ1n) is 4.73. The van der Waals surface area contributed by atoms with Gasteiger partial charge in [0.1, 0.15) is 6.34 Å². The van der Waals surface area contributed by atoms with Gasteiger partial charge in [-0.1, -0.05) is 16.8 Å². The van der Waals surface area contributed by atoms with Crippen molar-refractivity contribution in [3.05, 3.63) is 29.0 Å². The van der Waals surface area contributed by atoms with Gasteiger partial charge in [0.2, 0.25) is 0 Å². The number of aromatic nitrogens is 2. The molecule has 7 heteroatoms. The summed E-state index contributed by atoms with van der Waals surface area (Å²) in [4.78, 5) is 8.07. The zero-order valence-electron chi connectivity index (χ0n) is 8.88. The van der Waals surface area contributed by atoms with Crippen molar-refractivity contribution in [3.8, 4) is 11.5 Å². The molecular weight excluding hydrogens is 244 g/mol. The van der Waals surface area contributed by atoms with Gasteiger partial charge < -0.3 is 4.52 Å². The summed E-state index contributed by atoms with van der Waals surface area (Å²) in [7, 11) is 0. The summed E-state index contributed by atoms with van der Waals surface area (Å²) >= 11 is 5.86. The van der Waals surface area contributed by atoms with Crippen molar-refractivity contribution < 1.29 is 9.73 Å². The fourth-order valence-electron chi connectivity index (χ4n) is 1.30. The zero-order valence-corrected chi connectivity index (χ0v) is 9.64. The minimum atomic E-state index is 0.351. The van der Waals surface area contributed by atoms with Crippen LogP contribution in [-0.4, -0.2) is 21.7 Å². The number of aliphatic imine (C=N–C) groups is 1. The van der Waals surface area contributed by atoms with E-state index in [1.54, 1.807) is 25.1 Å². The van der Waals surface area contributed by atoms with Crippen LogP contribution in [0.1, 0.15) is 5.82 Å². The van der Waals surface area contributed by atoms with Gasteiger partial charge in [-0.25, -0.2) is 4.99 Å². The minimum absolute atomic E-state index is 0.351. The van der Waals surface area contributed by atoms with E-state index in [0.29, 0.717) is 28.0 Å². The van der Waals surface area contributed by atoms with E-state index in [1.807, 2.05) is 5.48 Å². The fraction of sp³-hybridized carbons (Fsp3) is 0.100. The van der Waals surface area contributed by atoms with Crippen LogP contribution < -0.4 is 5.48 Å². The van der Waals surface area contributed by atoms with Crippen molar-refractivity contribution in [1.82, 2.24) is 15.6 Å². The van der Waals surface area contributed by atoms with Gasteiger partial charge in [0, 0.05) is 5.02 Å². The Balaban J connectivity index is 2.49. The van der Waals surface area contributed by atoms with Crippen LogP contribution in [0, 0.1) is 6.92 Å². The number of aryl methyl sites for hydroxylation is 1. The minimum Gasteiger partial charge on any atom is -0.334 e. The maximum atomic E-state index is 8.48. The Hall–Kier alpha value is -1.92. The van der Waals surface area contributed by atoms with Gasteiger partial charge >= 0.3 is 0 Å². The van der Waals surface area contributed by atoms with E-state index in [2.05, 4.69) is 15.1 Å². The number of halogens is 1. The van der Waals surface area contributed by atoms with Crippen LogP contribution in [0.5, 0.6) is 0 Å². The molecule has 2 rings (SSSR count). The molecule has 0 atom stereocenters. The summed E-state index contributed by atoms with van der Waals surface area (Å²) in [5.41, 5.74) is 2.97. The number of hydrogen-bond donors (Lipinski definition) is 2. The second kappa shape index (κ2) is 4.94. The normalized spacial score (nSPS) is 11.0. The highest BCUT2D eigenvalue weighted by molar-refractivity contribution is 6.31. The smallest absolute Gasteiger partial charge is 0.260 e. The molecule has 0 bridgehead atoms. The van der Waals surface area contributed by atoms with Gasteiger partial charge in [0.25, 0.3) is 5.89 Å². The third-order valence-corrected chi connectivity index (χ3v) is 2.21. The summed E-state index contributed by atoms with van der Waals surface area (Å²) < 4.78 is 5.05. The molecule has 1 aromatic heterocycles. The lowest BCUT2D eigenvalue weighted by molar-refractivity contribution is 0.240. The molecule has 2 aromatic rings. The fourth-order valence-corrected chi connectivity index (χ4v) is 1.46. The number of hydrogen-bond acceptors (Lipinski definition) is 5. The highest BCUT2D eigenvalue weighted by Gasteiger charge is 2.11. The molecule has 17 heavy (non-hydrogen) atoms. The second-order valence-electron chi connectivity index (χ2n) is 3.20. The molecule has 1 heterocycles. The van der Waals surface area contributed by atoms with Crippen LogP contribution >= 0.6 is 11.6 Å². The van der Waals surface area contributed by atoms with Crippen molar-refractivity contribution in [2.24, 2.45) is 4.99 Å². The third kappa shape index (κ3) is 2.61. The van der Waals surface area contributed by atoms with E-state index < -0.39 is 0 Å². The summed E-state index contributed by atoms with van der Waals surface area (Å²) in [5, 5.41) is 12.7. The van der Waals surface area contributed by atoms with Crippen molar-refractivity contribution in [3.63, 3.8) is 0 Å². The molecule has 0 aliphatic rings. The summed E-state index contributed by atoms with van der Waals surface area (Å²) in [6.45, 7) is 1.72. The Labute approximate surface area is 102 Å². The monoisotopic (exact) mass is 252 g/mol. The van der Waals surface area contributed by atoms with E-state index in [9.17, 15) is 0 Å². The van der Waals surface area contributed by atoms with Crippen LogP contribution in [0.15, 0.2) is 27.7 Å². The summed E-state index contributed by atoms with van der Waals surface area (Å²) in [6, 6.07) is 5.05. The average Bonchev–Trinajstić information content (AvgIpc) is 2.73. The van der Waals surface area contributed by atoms with Crippen LogP contribution in [-0.2, 0) is 0 Å². The standard InChI is InChI=1S/C10H9ClN4O2/c1-6-14-10(17-15-6)8-3-2-7(11)4-9(8)12-5-13-16/h2-5,16H,1H3,(H,12,13). The van der Waals surface area contributed by atoms with Crippen molar-refractivity contribution in [2.75, 3.05) is 0 Å². The Morgan fingerprint density at radius 2 is 2.35 bits per heavy atom. The first kappa shape index (κ1) is 11.6. The highest BCUT2D eigenvalue weighted by atomic mass is 35.5. The Bertz CT molecular complexity index is 553. The molecule has 2 N–H and O–H groups in total. The van der Waals surface area contributed by atoms with Crippen molar-refractivity contribution >= 4 is 23.6 Å². The van der Waals surface area contributed by atoms with Crippen molar-refractivity contribution in [2.45, 2.75) is 6.92 Å². The molecule has 1 aromatic carbocycles. The molecular formula is C10H9ClN4O2. The van der Waals surface area contributed by atoms with Gasteiger partial charge in [-0.3, -0.25) is 10.7 Å². The molecule has 0 radical (unpaired) electrons. The third-order valence-electron chi connectivity index (χ3n) is 1.98. The topological polar surface area (TPSA) is 83.5 Å². The maximum absolute atomic E-state index is 8.48. The Kier molecular flexibility index (Phi) is 3.36. The number of nitrogens with one attached hydrogen (secondary N) is 1. The van der Waals surface area contributed by atoms with Crippen LogP contribution in [0.4, 0.5) is 5.69 Å². The lowest BCUT2D eigenvalue weighted by atomic mass is 10.2. The number of benzene rings is 1. The predicted molar refractivity (Wildman–Crippen MR) is 62.6 cm³/mol. The molecule has 0 aliphatic carbocycles. The van der Waals surface area contributed by atoms with E-state index >= 15 is 0 Å². The molecule has 0 spiro atoms. The highest BCUT2D eigenvalue weighted by Crippen LogP contribution is 2.31. The van der Waals surface area contributed by atoms with E-state index in [4.69, 9.17) is 21.3 Å². The van der Waals surface area contributed by atoms with Gasteiger partial charge in [0.05, 0.1) is 11.3 Å². The van der Waals surface area contributed by atoms with E-state index in [1.165, 1.54) is 0 Å². The van der Waals surface area contributed by atoms with Crippen LogP contribution in [0.3, 0.4) is 0 Å². The van der Waals surface area contributed by atoms with E-state index in [0.717, 1.165) is 6.34 Å². The summed E-state index contributed by atoms with van der Waals surface area (Å²) in [5.74, 6) is 0.884. The number of nitrogens with zero attached hydrogens (tertiary/aromatic N) is 3. The van der Waals surface area contributed by atoms with Gasteiger partial charge in [0.15, 0.2) is 5.82 Å². The first-order valence-corrected chi connectivity index (χ1v) is 5.11. The van der Waals surface area contributed by atoms with Crippen molar-refractivity contribution in [1.29, 1.82) is 0 Å². The molecule has 0 aliphatic heterocycles. The lowest BCUT2D eigenvalue weighted by Crippen LogP contribution is -2.01. The predicted octanol–water partition coefficient (Wildman–Crippen LogP) is 2.34. The van der Waals surface area contributed by atoms with Crippen LogP contribution in [0.25, 0.3) is 11.5 Å². The molecule has 0 amide bonds.